The first kappa shape index (κ1) is 22.4. The first-order chi connectivity index (χ1) is 14.3. The normalized spacial score (nSPS) is 11.6. The smallest absolute Gasteiger partial charge is 0.257 e. The first-order valence-electron chi connectivity index (χ1n) is 9.40. The minimum Gasteiger partial charge on any atom is -0.298 e. The van der Waals surface area contributed by atoms with Gasteiger partial charge in [0.1, 0.15) is 0 Å². The number of nitrogens with zero attached hydrogens (tertiary/aromatic N) is 2. The largest absolute Gasteiger partial charge is 0.298 e. The average molecular weight is 464 g/mol. The van der Waals surface area contributed by atoms with Crippen LogP contribution in [0.1, 0.15) is 30.1 Å². The molecule has 9 heteroatoms. The number of thiazole rings is 1. The van der Waals surface area contributed by atoms with E-state index in [1.807, 2.05) is 24.4 Å². The predicted molar refractivity (Wildman–Crippen MR) is 122 cm³/mol. The molecule has 2 aromatic carbocycles. The molecule has 0 spiro atoms. The van der Waals surface area contributed by atoms with Crippen LogP contribution in [0.25, 0.3) is 11.3 Å². The molecule has 1 N–H and O–H groups in total. The number of nitrogens with one attached hydrogen (secondary N) is 1. The third-order valence-corrected chi connectivity index (χ3v) is 7.40. The number of hydrogen-bond acceptors (Lipinski definition) is 5. The van der Waals surface area contributed by atoms with Gasteiger partial charge >= 0.3 is 0 Å². The zero-order valence-electron chi connectivity index (χ0n) is 16.6. The molecule has 3 aromatic rings. The predicted octanol–water partition coefficient (Wildman–Crippen LogP) is 5.14. The van der Waals surface area contributed by atoms with Crippen molar-refractivity contribution >= 4 is 44.0 Å². The Morgan fingerprint density at radius 2 is 1.80 bits per heavy atom. The summed E-state index contributed by atoms with van der Waals surface area (Å²) in [6, 6.07) is 13.2. The number of anilines is 1. The lowest BCUT2D eigenvalue weighted by Crippen LogP contribution is -2.28. The van der Waals surface area contributed by atoms with Crippen molar-refractivity contribution in [1.29, 1.82) is 0 Å². The zero-order chi connectivity index (χ0) is 21.7. The number of sulfonamides is 1. The van der Waals surface area contributed by atoms with Gasteiger partial charge in [0, 0.05) is 35.1 Å². The standard InChI is InChI=1S/C21H22ClN3O3S2/c1-3-4-13-25(2)30(27,28)18-11-7-16(8-12-18)20(26)24-21-23-19(14-29-21)15-5-9-17(22)10-6-15/h5-12,14H,3-4,13H2,1-2H3,(H,23,24,26). The number of aromatic nitrogens is 1. The van der Waals surface area contributed by atoms with Crippen LogP contribution in [0.3, 0.4) is 0 Å². The number of halogens is 1. The highest BCUT2D eigenvalue weighted by molar-refractivity contribution is 7.89. The molecule has 6 nitrogen and oxygen atoms in total. The van der Waals surface area contributed by atoms with Gasteiger partial charge in [-0.3, -0.25) is 10.1 Å². The molecule has 158 valence electrons. The summed E-state index contributed by atoms with van der Waals surface area (Å²) in [5.41, 5.74) is 2.00. The van der Waals surface area contributed by atoms with Gasteiger partial charge in [-0.2, -0.15) is 0 Å². The van der Waals surface area contributed by atoms with Crippen molar-refractivity contribution in [2.75, 3.05) is 18.9 Å². The van der Waals surface area contributed by atoms with E-state index in [1.165, 1.54) is 39.9 Å². The molecule has 1 heterocycles. The number of amides is 1. The van der Waals surface area contributed by atoms with Crippen LogP contribution in [0.15, 0.2) is 58.8 Å². The van der Waals surface area contributed by atoms with E-state index in [9.17, 15) is 13.2 Å². The van der Waals surface area contributed by atoms with Gasteiger partial charge in [0.05, 0.1) is 10.6 Å². The van der Waals surface area contributed by atoms with Crippen molar-refractivity contribution < 1.29 is 13.2 Å². The van der Waals surface area contributed by atoms with Gasteiger partial charge in [-0.25, -0.2) is 17.7 Å². The van der Waals surface area contributed by atoms with Crippen LogP contribution in [0.4, 0.5) is 5.13 Å². The molecular weight excluding hydrogens is 442 g/mol. The van der Waals surface area contributed by atoms with E-state index in [2.05, 4.69) is 10.3 Å². The summed E-state index contributed by atoms with van der Waals surface area (Å²) in [6.07, 6.45) is 1.71. The Bertz CT molecular complexity index is 1110. The van der Waals surface area contributed by atoms with Crippen molar-refractivity contribution in [3.05, 3.63) is 64.5 Å². The lowest BCUT2D eigenvalue weighted by molar-refractivity contribution is 0.102. The van der Waals surface area contributed by atoms with Gasteiger partial charge in [-0.1, -0.05) is 37.1 Å². The molecule has 0 atom stereocenters. The van der Waals surface area contributed by atoms with Crippen LogP contribution in [-0.4, -0.2) is 37.2 Å². The summed E-state index contributed by atoms with van der Waals surface area (Å²) in [4.78, 5) is 17.1. The summed E-state index contributed by atoms with van der Waals surface area (Å²) in [5, 5.41) is 5.70. The van der Waals surface area contributed by atoms with Crippen LogP contribution in [0, 0.1) is 0 Å². The van der Waals surface area contributed by atoms with E-state index in [0.717, 1.165) is 24.1 Å². The topological polar surface area (TPSA) is 79.4 Å². The van der Waals surface area contributed by atoms with Gasteiger partial charge < -0.3 is 0 Å². The van der Waals surface area contributed by atoms with Crippen LogP contribution < -0.4 is 5.32 Å². The van der Waals surface area contributed by atoms with Crippen molar-refractivity contribution in [3.63, 3.8) is 0 Å². The second-order valence-electron chi connectivity index (χ2n) is 6.70. The number of hydrogen-bond donors (Lipinski definition) is 1. The quantitative estimate of drug-likeness (QED) is 0.501. The highest BCUT2D eigenvalue weighted by Gasteiger charge is 2.20. The number of carbonyl (C=O) groups excluding carboxylic acids is 1. The second kappa shape index (κ2) is 9.70. The molecule has 0 fully saturated rings. The molecule has 0 aliphatic carbocycles. The van der Waals surface area contributed by atoms with E-state index >= 15 is 0 Å². The minimum atomic E-state index is -3.56. The third-order valence-electron chi connectivity index (χ3n) is 4.52. The maximum atomic E-state index is 12.6. The highest BCUT2D eigenvalue weighted by atomic mass is 35.5. The zero-order valence-corrected chi connectivity index (χ0v) is 19.0. The number of benzene rings is 2. The van der Waals surface area contributed by atoms with Crippen molar-refractivity contribution in [1.82, 2.24) is 9.29 Å². The van der Waals surface area contributed by atoms with E-state index < -0.39 is 10.0 Å². The lowest BCUT2D eigenvalue weighted by atomic mass is 10.2. The fourth-order valence-electron chi connectivity index (χ4n) is 2.71. The molecule has 1 amide bonds. The molecule has 3 rings (SSSR count). The monoisotopic (exact) mass is 463 g/mol. The molecule has 0 saturated heterocycles. The highest BCUT2D eigenvalue weighted by Crippen LogP contribution is 2.26. The number of unbranched alkanes of at least 4 members (excludes halogenated alkanes) is 1. The molecular formula is C21H22ClN3O3S2. The van der Waals surface area contributed by atoms with E-state index in [0.29, 0.717) is 22.3 Å². The van der Waals surface area contributed by atoms with Crippen LogP contribution in [0.5, 0.6) is 0 Å². The number of rotatable bonds is 8. The Hall–Kier alpha value is -2.26. The van der Waals surface area contributed by atoms with E-state index in [1.54, 1.807) is 19.2 Å². The molecule has 0 bridgehead atoms. The minimum absolute atomic E-state index is 0.164. The second-order valence-corrected chi connectivity index (χ2v) is 10.0. The lowest BCUT2D eigenvalue weighted by Gasteiger charge is -2.16. The van der Waals surface area contributed by atoms with Gasteiger partial charge in [0.2, 0.25) is 10.0 Å². The Labute approximate surface area is 185 Å². The van der Waals surface area contributed by atoms with E-state index in [4.69, 9.17) is 11.6 Å². The summed E-state index contributed by atoms with van der Waals surface area (Å²) in [7, 11) is -2.00. The molecule has 0 radical (unpaired) electrons. The maximum Gasteiger partial charge on any atom is 0.257 e. The van der Waals surface area contributed by atoms with E-state index in [-0.39, 0.29) is 10.8 Å². The van der Waals surface area contributed by atoms with Crippen molar-refractivity contribution in [2.24, 2.45) is 0 Å². The first-order valence-corrected chi connectivity index (χ1v) is 12.1. The van der Waals surface area contributed by atoms with Gasteiger partial charge in [0.25, 0.3) is 5.91 Å². The summed E-state index contributed by atoms with van der Waals surface area (Å²) in [5.74, 6) is -0.352. The third kappa shape index (κ3) is 5.26. The Morgan fingerprint density at radius 3 is 2.43 bits per heavy atom. The average Bonchev–Trinajstić information content (AvgIpc) is 3.20. The summed E-state index contributed by atoms with van der Waals surface area (Å²) < 4.78 is 26.5. The fourth-order valence-corrected chi connectivity index (χ4v) is 4.76. The van der Waals surface area contributed by atoms with Crippen LogP contribution in [-0.2, 0) is 10.0 Å². The van der Waals surface area contributed by atoms with Gasteiger partial charge in [0.15, 0.2) is 5.13 Å². The Balaban J connectivity index is 1.69. The molecule has 0 saturated carbocycles. The SMILES string of the molecule is CCCCN(C)S(=O)(=O)c1ccc(C(=O)Nc2nc(-c3ccc(Cl)cc3)cs2)cc1. The molecule has 30 heavy (non-hydrogen) atoms. The number of carbonyl (C=O) groups is 1. The Kier molecular flexibility index (Phi) is 7.25. The van der Waals surface area contributed by atoms with Crippen molar-refractivity contribution in [2.45, 2.75) is 24.7 Å². The van der Waals surface area contributed by atoms with Gasteiger partial charge in [-0.15, -0.1) is 11.3 Å². The fraction of sp³-hybridized carbons (Fsp3) is 0.238. The van der Waals surface area contributed by atoms with Gasteiger partial charge in [-0.05, 0) is 42.8 Å². The molecule has 0 unspecified atom stereocenters. The molecule has 0 aliphatic heterocycles. The van der Waals surface area contributed by atoms with Crippen LogP contribution >= 0.6 is 22.9 Å². The maximum absolute atomic E-state index is 12.6. The summed E-state index contributed by atoms with van der Waals surface area (Å²) in [6.45, 7) is 2.47. The summed E-state index contributed by atoms with van der Waals surface area (Å²) >= 11 is 7.22. The Morgan fingerprint density at radius 1 is 1.13 bits per heavy atom. The van der Waals surface area contributed by atoms with Crippen molar-refractivity contribution in [3.8, 4) is 11.3 Å². The molecule has 1 aromatic heterocycles. The molecule has 0 aliphatic rings. The van der Waals surface area contributed by atoms with Crippen LogP contribution in [0.2, 0.25) is 5.02 Å².